The molecule has 0 bridgehead atoms. The Balaban J connectivity index is 1.55. The minimum Gasteiger partial charge on any atom is -0.493 e. The summed E-state index contributed by atoms with van der Waals surface area (Å²) in [6, 6.07) is 19.9. The smallest absolute Gasteiger partial charge is 0.338 e. The van der Waals surface area contributed by atoms with Crippen LogP contribution in [0.4, 0.5) is 10.1 Å². The van der Waals surface area contributed by atoms with Crippen molar-refractivity contribution in [2.75, 3.05) is 20.8 Å². The van der Waals surface area contributed by atoms with Crippen LogP contribution in [-0.2, 0) is 9.53 Å². The van der Waals surface area contributed by atoms with Crippen molar-refractivity contribution in [3.63, 3.8) is 0 Å². The van der Waals surface area contributed by atoms with Crippen molar-refractivity contribution in [1.29, 1.82) is 0 Å². The predicted molar refractivity (Wildman–Crippen MR) is 171 cm³/mol. The summed E-state index contributed by atoms with van der Waals surface area (Å²) >= 11 is 1.10. The van der Waals surface area contributed by atoms with Crippen molar-refractivity contribution in [2.24, 2.45) is 4.99 Å². The lowest BCUT2D eigenvalue weighted by Crippen LogP contribution is -2.40. The number of thiazole rings is 1. The first-order valence-corrected chi connectivity index (χ1v) is 15.1. The Morgan fingerprint density at radius 2 is 1.81 bits per heavy atom. The monoisotopic (exact) mass is 655 g/mol. The van der Waals surface area contributed by atoms with Crippen LogP contribution in [0.3, 0.4) is 0 Å². The molecular weight excluding hydrogens is 629 g/mol. The highest BCUT2D eigenvalue weighted by molar-refractivity contribution is 7.07. The van der Waals surface area contributed by atoms with E-state index in [9.17, 15) is 24.1 Å². The van der Waals surface area contributed by atoms with Gasteiger partial charge in [-0.1, -0.05) is 47.7 Å². The molecule has 1 atom stereocenters. The van der Waals surface area contributed by atoms with Gasteiger partial charge in [-0.25, -0.2) is 9.79 Å². The lowest BCUT2D eigenvalue weighted by atomic mass is 9.93. The summed E-state index contributed by atoms with van der Waals surface area (Å²) in [4.78, 5) is 43.4. The number of rotatable bonds is 9. The van der Waals surface area contributed by atoms with E-state index in [1.54, 1.807) is 37.3 Å². The normalized spacial score (nSPS) is 14.4. The highest BCUT2D eigenvalue weighted by Gasteiger charge is 2.35. The van der Waals surface area contributed by atoms with E-state index in [4.69, 9.17) is 23.6 Å². The van der Waals surface area contributed by atoms with E-state index in [1.165, 1.54) is 30.9 Å². The van der Waals surface area contributed by atoms with Crippen LogP contribution >= 0.6 is 11.3 Å². The van der Waals surface area contributed by atoms with Crippen molar-refractivity contribution in [2.45, 2.75) is 13.0 Å². The van der Waals surface area contributed by atoms with E-state index < -0.39 is 34.0 Å². The van der Waals surface area contributed by atoms with Crippen LogP contribution in [0.15, 0.2) is 98.6 Å². The van der Waals surface area contributed by atoms with Gasteiger partial charge in [-0.05, 0) is 48.9 Å². The fourth-order valence-electron chi connectivity index (χ4n) is 5.30. The van der Waals surface area contributed by atoms with E-state index >= 15 is 0 Å². The molecule has 0 radical (unpaired) electrons. The maximum Gasteiger partial charge on any atom is 0.338 e. The van der Waals surface area contributed by atoms with Gasteiger partial charge in [0.05, 0.1) is 47.6 Å². The summed E-state index contributed by atoms with van der Waals surface area (Å²) in [6.07, 6.45) is 1.52. The van der Waals surface area contributed by atoms with Gasteiger partial charge in [0.15, 0.2) is 16.3 Å². The Morgan fingerprint density at radius 3 is 2.51 bits per heavy atom. The summed E-state index contributed by atoms with van der Waals surface area (Å²) in [5.74, 6) is -0.216. The third-order valence-electron chi connectivity index (χ3n) is 7.42. The number of nitro benzene ring substituents is 1. The van der Waals surface area contributed by atoms with E-state index in [1.807, 2.05) is 30.3 Å². The molecule has 2 aromatic heterocycles. The largest absolute Gasteiger partial charge is 0.493 e. The molecule has 0 saturated carbocycles. The van der Waals surface area contributed by atoms with E-state index in [2.05, 4.69) is 0 Å². The quantitative estimate of drug-likeness (QED) is 0.119. The van der Waals surface area contributed by atoms with Crippen molar-refractivity contribution >= 4 is 34.8 Å². The number of nitro groups is 1. The number of ether oxygens (including phenoxy) is 3. The fourth-order valence-corrected chi connectivity index (χ4v) is 6.28. The van der Waals surface area contributed by atoms with Crippen LogP contribution < -0.4 is 24.4 Å². The molecule has 3 aromatic carbocycles. The number of esters is 1. The summed E-state index contributed by atoms with van der Waals surface area (Å²) in [5.41, 5.74) is 0.896. The van der Waals surface area contributed by atoms with Crippen LogP contribution in [0.5, 0.6) is 11.5 Å². The van der Waals surface area contributed by atoms with E-state index in [0.29, 0.717) is 38.7 Å². The number of aromatic nitrogens is 1. The van der Waals surface area contributed by atoms with Gasteiger partial charge in [-0.3, -0.25) is 19.5 Å². The molecule has 1 aliphatic rings. The molecule has 5 aromatic rings. The maximum absolute atomic E-state index is 14.2. The minimum atomic E-state index is -0.965. The molecule has 6 rings (SSSR count). The molecule has 0 aliphatic carbocycles. The molecule has 1 aliphatic heterocycles. The SMILES string of the molecule is CCOC(=O)C1=C(c2ccccc2)N=c2s/c(=C\c3ccc(-c4ccc(F)c([N+](=O)[O-])c4)o3)c(=O)n2[C@@H]1c1ccc(OC)c(OC)c1. The number of benzene rings is 3. The number of hydrogen-bond acceptors (Lipinski definition) is 10. The maximum atomic E-state index is 14.2. The second-order valence-corrected chi connectivity index (χ2v) is 11.2. The molecule has 0 fully saturated rings. The predicted octanol–water partition coefficient (Wildman–Crippen LogP) is 5.26. The number of halogens is 1. The van der Waals surface area contributed by atoms with Gasteiger partial charge in [0, 0.05) is 23.3 Å². The van der Waals surface area contributed by atoms with Crippen LogP contribution in [0.1, 0.15) is 29.9 Å². The number of hydrogen-bond donors (Lipinski definition) is 0. The van der Waals surface area contributed by atoms with Gasteiger partial charge in [0.1, 0.15) is 11.5 Å². The number of fused-ring (bicyclic) bond motifs is 1. The van der Waals surface area contributed by atoms with E-state index in [-0.39, 0.29) is 28.2 Å². The van der Waals surface area contributed by atoms with Crippen molar-refractivity contribution < 1.29 is 32.7 Å². The molecule has 0 saturated heterocycles. The Kier molecular flexibility index (Phi) is 8.55. The zero-order valence-electron chi connectivity index (χ0n) is 25.3. The number of nitrogens with zero attached hydrogens (tertiary/aromatic N) is 3. The van der Waals surface area contributed by atoms with Gasteiger partial charge in [-0.2, -0.15) is 4.39 Å². The van der Waals surface area contributed by atoms with Crippen molar-refractivity contribution in [1.82, 2.24) is 4.57 Å². The molecule has 0 amide bonds. The van der Waals surface area contributed by atoms with Crippen molar-refractivity contribution in [3.05, 3.63) is 137 Å². The highest BCUT2D eigenvalue weighted by Crippen LogP contribution is 2.38. The number of furan rings is 1. The molecule has 13 heteroatoms. The fraction of sp³-hybridized carbons (Fsp3) is 0.147. The van der Waals surface area contributed by atoms with Gasteiger partial charge < -0.3 is 18.6 Å². The topological polar surface area (TPSA) is 135 Å². The Labute approximate surface area is 270 Å². The Bertz CT molecular complexity index is 2240. The first kappa shape index (κ1) is 31.2. The zero-order chi connectivity index (χ0) is 33.2. The summed E-state index contributed by atoms with van der Waals surface area (Å²) in [6.45, 7) is 1.80. The third kappa shape index (κ3) is 5.84. The average Bonchev–Trinajstić information content (AvgIpc) is 3.68. The lowest BCUT2D eigenvalue weighted by molar-refractivity contribution is -0.387. The molecule has 0 unspecified atom stereocenters. The van der Waals surface area contributed by atoms with Gasteiger partial charge >= 0.3 is 11.7 Å². The Morgan fingerprint density at radius 1 is 1.04 bits per heavy atom. The average molecular weight is 656 g/mol. The standard InChI is InChI=1S/C34H26FN3O8S/c1-4-45-33(40)29-30(19-8-6-5-7-9-19)36-34-37(31(29)21-11-14-26(43-2)27(17-21)44-3)32(39)28(47-34)18-22-12-15-25(46-22)20-10-13-23(35)24(16-20)38(41)42/h5-18,31H,4H2,1-3H3/b28-18-/t31-/m1/s1. The Hall–Kier alpha value is -5.82. The molecular formula is C34H26FN3O8S. The summed E-state index contributed by atoms with van der Waals surface area (Å²) < 4.78 is 38.0. The molecule has 3 heterocycles. The molecule has 11 nitrogen and oxygen atoms in total. The van der Waals surface area contributed by atoms with Crippen LogP contribution in [-0.4, -0.2) is 36.3 Å². The van der Waals surface area contributed by atoms with Crippen LogP contribution in [0.25, 0.3) is 23.1 Å². The van der Waals surface area contributed by atoms with Gasteiger partial charge in [-0.15, -0.1) is 0 Å². The molecule has 0 N–H and O–H groups in total. The second-order valence-electron chi connectivity index (χ2n) is 10.2. The van der Waals surface area contributed by atoms with Gasteiger partial charge in [0.25, 0.3) is 5.56 Å². The zero-order valence-corrected chi connectivity index (χ0v) is 26.1. The molecule has 0 spiro atoms. The minimum absolute atomic E-state index is 0.103. The van der Waals surface area contributed by atoms with Crippen LogP contribution in [0, 0.1) is 15.9 Å². The molecule has 238 valence electrons. The van der Waals surface area contributed by atoms with Crippen LogP contribution in [0.2, 0.25) is 0 Å². The first-order valence-electron chi connectivity index (χ1n) is 14.3. The third-order valence-corrected chi connectivity index (χ3v) is 8.41. The number of methoxy groups -OCH3 is 2. The van der Waals surface area contributed by atoms with Crippen molar-refractivity contribution in [3.8, 4) is 22.8 Å². The highest BCUT2D eigenvalue weighted by atomic mass is 32.1. The first-order chi connectivity index (χ1) is 22.7. The van der Waals surface area contributed by atoms with E-state index in [0.717, 1.165) is 23.5 Å². The summed E-state index contributed by atoms with van der Waals surface area (Å²) in [5, 5.41) is 11.2. The second kappa shape index (κ2) is 12.9. The lowest BCUT2D eigenvalue weighted by Gasteiger charge is -2.26. The number of carbonyl (C=O) groups excluding carboxylic acids is 1. The van der Waals surface area contributed by atoms with Gasteiger partial charge in [0.2, 0.25) is 5.82 Å². The summed E-state index contributed by atoms with van der Waals surface area (Å²) in [7, 11) is 3.00. The molecule has 47 heavy (non-hydrogen) atoms. The number of carbonyl (C=O) groups is 1.